The number of hydrogen-bond donors (Lipinski definition) is 1. The van der Waals surface area contributed by atoms with Crippen LogP contribution in [0.2, 0.25) is 0 Å². The summed E-state index contributed by atoms with van der Waals surface area (Å²) in [5.74, 6) is -1.27. The van der Waals surface area contributed by atoms with Crippen molar-refractivity contribution >= 4 is 29.3 Å². The number of benzene rings is 3. The molecule has 0 bridgehead atoms. The molecule has 0 radical (unpaired) electrons. The molecule has 158 valence electrons. The van der Waals surface area contributed by atoms with Gasteiger partial charge in [0.25, 0.3) is 11.6 Å². The number of carbonyl (C=O) groups excluding carboxylic acids is 2. The first-order chi connectivity index (χ1) is 14.9. The SMILES string of the molecule is CC(NC(=O)COC(=O)c1ccc(Sc2ccccc2)c([N+](=O)[O-])c1)c1ccccc1. The lowest BCUT2D eigenvalue weighted by molar-refractivity contribution is -0.387. The van der Waals surface area contributed by atoms with E-state index in [9.17, 15) is 19.7 Å². The van der Waals surface area contributed by atoms with E-state index in [1.54, 1.807) is 0 Å². The number of rotatable bonds is 8. The van der Waals surface area contributed by atoms with Gasteiger partial charge >= 0.3 is 5.97 Å². The monoisotopic (exact) mass is 436 g/mol. The summed E-state index contributed by atoms with van der Waals surface area (Å²) in [7, 11) is 0. The molecule has 0 saturated carbocycles. The summed E-state index contributed by atoms with van der Waals surface area (Å²) >= 11 is 1.23. The van der Waals surface area contributed by atoms with Crippen LogP contribution < -0.4 is 5.32 Å². The summed E-state index contributed by atoms with van der Waals surface area (Å²) in [6.07, 6.45) is 0. The zero-order chi connectivity index (χ0) is 22.2. The Morgan fingerprint density at radius 3 is 2.32 bits per heavy atom. The maximum absolute atomic E-state index is 12.3. The molecule has 0 fully saturated rings. The van der Waals surface area contributed by atoms with E-state index in [-0.39, 0.29) is 17.3 Å². The highest BCUT2D eigenvalue weighted by molar-refractivity contribution is 7.99. The van der Waals surface area contributed by atoms with Gasteiger partial charge in [-0.2, -0.15) is 0 Å². The number of carbonyl (C=O) groups is 2. The third kappa shape index (κ3) is 6.16. The van der Waals surface area contributed by atoms with Gasteiger partial charge in [0.2, 0.25) is 0 Å². The van der Waals surface area contributed by atoms with Crippen molar-refractivity contribution in [2.45, 2.75) is 22.8 Å². The second-order valence-corrected chi connectivity index (χ2v) is 7.75. The summed E-state index contributed by atoms with van der Waals surface area (Å²) in [6, 6.07) is 22.4. The first kappa shape index (κ1) is 22.0. The lowest BCUT2D eigenvalue weighted by atomic mass is 10.1. The van der Waals surface area contributed by atoms with Crippen LogP contribution in [0.15, 0.2) is 88.7 Å². The summed E-state index contributed by atoms with van der Waals surface area (Å²) in [4.78, 5) is 36.6. The van der Waals surface area contributed by atoms with Crippen molar-refractivity contribution in [2.75, 3.05) is 6.61 Å². The fourth-order valence-corrected chi connectivity index (χ4v) is 3.73. The first-order valence-electron chi connectivity index (χ1n) is 9.47. The van der Waals surface area contributed by atoms with Crippen molar-refractivity contribution < 1.29 is 19.2 Å². The van der Waals surface area contributed by atoms with Gasteiger partial charge in [0.05, 0.1) is 21.4 Å². The van der Waals surface area contributed by atoms with Crippen molar-refractivity contribution in [3.63, 3.8) is 0 Å². The van der Waals surface area contributed by atoms with Gasteiger partial charge in [-0.25, -0.2) is 4.79 Å². The summed E-state index contributed by atoms with van der Waals surface area (Å²) in [5.41, 5.74) is 0.725. The van der Waals surface area contributed by atoms with Crippen LogP contribution in [0.3, 0.4) is 0 Å². The van der Waals surface area contributed by atoms with E-state index in [4.69, 9.17) is 4.74 Å². The predicted octanol–water partition coefficient (Wildman–Crippen LogP) is 4.78. The average Bonchev–Trinajstić information content (AvgIpc) is 2.78. The quantitative estimate of drug-likeness (QED) is 0.310. The molecule has 0 spiro atoms. The van der Waals surface area contributed by atoms with Crippen LogP contribution in [0.1, 0.15) is 28.9 Å². The molecular weight excluding hydrogens is 416 g/mol. The molecule has 31 heavy (non-hydrogen) atoms. The Bertz CT molecular complexity index is 1070. The fraction of sp³-hybridized carbons (Fsp3) is 0.130. The lowest BCUT2D eigenvalue weighted by Crippen LogP contribution is -2.31. The van der Waals surface area contributed by atoms with Gasteiger partial charge in [-0.15, -0.1) is 0 Å². The molecule has 0 aromatic heterocycles. The maximum atomic E-state index is 12.3. The molecule has 1 amide bonds. The molecule has 0 heterocycles. The predicted molar refractivity (Wildman–Crippen MR) is 117 cm³/mol. The van der Waals surface area contributed by atoms with Crippen molar-refractivity contribution in [1.29, 1.82) is 0 Å². The third-order valence-electron chi connectivity index (χ3n) is 4.37. The third-order valence-corrected chi connectivity index (χ3v) is 5.45. The zero-order valence-corrected chi connectivity index (χ0v) is 17.5. The molecule has 0 aliphatic heterocycles. The van der Waals surface area contributed by atoms with E-state index in [0.717, 1.165) is 16.5 Å². The van der Waals surface area contributed by atoms with Crippen molar-refractivity contribution in [3.05, 3.63) is 100 Å². The van der Waals surface area contributed by atoms with Crippen molar-refractivity contribution in [3.8, 4) is 0 Å². The average molecular weight is 436 g/mol. The lowest BCUT2D eigenvalue weighted by Gasteiger charge is -2.14. The molecule has 8 heteroatoms. The number of esters is 1. The van der Waals surface area contributed by atoms with Crippen LogP contribution in [-0.4, -0.2) is 23.4 Å². The van der Waals surface area contributed by atoms with Crippen LogP contribution in [0.5, 0.6) is 0 Å². The topological polar surface area (TPSA) is 98.5 Å². The number of amides is 1. The molecule has 1 atom stereocenters. The van der Waals surface area contributed by atoms with Gasteiger partial charge < -0.3 is 10.1 Å². The Balaban J connectivity index is 1.62. The van der Waals surface area contributed by atoms with Crippen LogP contribution in [0, 0.1) is 10.1 Å². The number of ether oxygens (including phenoxy) is 1. The molecule has 3 aromatic carbocycles. The number of nitro benzene ring substituents is 1. The molecule has 3 aromatic rings. The number of hydrogen-bond acceptors (Lipinski definition) is 6. The highest BCUT2D eigenvalue weighted by Crippen LogP contribution is 2.35. The van der Waals surface area contributed by atoms with Gasteiger partial charge in [-0.3, -0.25) is 14.9 Å². The first-order valence-corrected chi connectivity index (χ1v) is 10.3. The van der Waals surface area contributed by atoms with Crippen LogP contribution in [-0.2, 0) is 9.53 Å². The summed E-state index contributed by atoms with van der Waals surface area (Å²) in [6.45, 7) is 1.34. The van der Waals surface area contributed by atoms with E-state index >= 15 is 0 Å². The molecule has 0 aliphatic carbocycles. The van der Waals surface area contributed by atoms with E-state index in [1.807, 2.05) is 67.6 Å². The van der Waals surface area contributed by atoms with E-state index in [0.29, 0.717) is 4.90 Å². The van der Waals surface area contributed by atoms with E-state index < -0.39 is 23.4 Å². The van der Waals surface area contributed by atoms with Gasteiger partial charge in [0, 0.05) is 11.0 Å². The molecule has 0 aliphatic rings. The second-order valence-electron chi connectivity index (χ2n) is 6.63. The van der Waals surface area contributed by atoms with Crippen LogP contribution in [0.4, 0.5) is 5.69 Å². The minimum atomic E-state index is -0.804. The molecule has 7 nitrogen and oxygen atoms in total. The van der Waals surface area contributed by atoms with E-state index in [1.165, 1.54) is 23.9 Å². The minimum absolute atomic E-state index is 0.00743. The zero-order valence-electron chi connectivity index (χ0n) is 16.7. The number of nitrogens with zero attached hydrogens (tertiary/aromatic N) is 1. The van der Waals surface area contributed by atoms with Crippen LogP contribution in [0.25, 0.3) is 0 Å². The molecule has 1 unspecified atom stereocenters. The Kier molecular flexibility index (Phi) is 7.40. The Hall–Kier alpha value is -3.65. The fourth-order valence-electron chi connectivity index (χ4n) is 2.81. The number of nitrogens with one attached hydrogen (secondary N) is 1. The maximum Gasteiger partial charge on any atom is 0.338 e. The summed E-state index contributed by atoms with van der Waals surface area (Å²) < 4.78 is 5.04. The highest BCUT2D eigenvalue weighted by atomic mass is 32.2. The van der Waals surface area contributed by atoms with Crippen molar-refractivity contribution in [2.24, 2.45) is 0 Å². The number of nitro groups is 1. The Labute approximate surface area is 183 Å². The Morgan fingerprint density at radius 1 is 1.03 bits per heavy atom. The van der Waals surface area contributed by atoms with E-state index in [2.05, 4.69) is 5.32 Å². The van der Waals surface area contributed by atoms with Gasteiger partial charge in [0.1, 0.15) is 0 Å². The smallest absolute Gasteiger partial charge is 0.338 e. The molecule has 0 saturated heterocycles. The Morgan fingerprint density at radius 2 is 1.68 bits per heavy atom. The standard InChI is InChI=1S/C23H20N2O5S/c1-16(17-8-4-2-5-9-17)24-22(26)15-30-23(27)18-12-13-21(20(14-18)25(28)29)31-19-10-6-3-7-11-19/h2-14,16H,15H2,1H3,(H,24,26). The van der Waals surface area contributed by atoms with Crippen LogP contribution >= 0.6 is 11.8 Å². The largest absolute Gasteiger partial charge is 0.452 e. The molecule has 3 rings (SSSR count). The molecule has 1 N–H and O–H groups in total. The second kappa shape index (κ2) is 10.4. The summed E-state index contributed by atoms with van der Waals surface area (Å²) in [5, 5.41) is 14.2. The van der Waals surface area contributed by atoms with Gasteiger partial charge in [-0.1, -0.05) is 60.3 Å². The van der Waals surface area contributed by atoms with Crippen molar-refractivity contribution in [1.82, 2.24) is 5.32 Å². The van der Waals surface area contributed by atoms with Gasteiger partial charge in [0.15, 0.2) is 6.61 Å². The normalized spacial score (nSPS) is 11.4. The highest BCUT2D eigenvalue weighted by Gasteiger charge is 2.20. The molecular formula is C23H20N2O5S. The minimum Gasteiger partial charge on any atom is -0.452 e. The van der Waals surface area contributed by atoms with Gasteiger partial charge in [-0.05, 0) is 36.8 Å².